The molecular formula is C18H23BrN2O3S2. The molecule has 0 aliphatic carbocycles. The van der Waals surface area contributed by atoms with Gasteiger partial charge in [-0.3, -0.25) is 4.79 Å². The van der Waals surface area contributed by atoms with Gasteiger partial charge in [-0.05, 0) is 37.1 Å². The standard InChI is InChI=1S/C18H23BrN2O3S2/c1-3-4-5-6-17(22)20-18-21(13-7-8-14(19)12(2)9-13)15-10-26(23,24)11-16(15)25-18/h7-9,15-16H,3-6,10-11H2,1-2H3/t15-,16-/m1/s1. The number of fused-ring (bicyclic) bond motifs is 1. The Morgan fingerprint density at radius 1 is 1.35 bits per heavy atom. The molecule has 2 atom stereocenters. The second-order valence-electron chi connectivity index (χ2n) is 6.85. The molecule has 2 saturated heterocycles. The van der Waals surface area contributed by atoms with E-state index in [1.165, 1.54) is 11.8 Å². The van der Waals surface area contributed by atoms with Gasteiger partial charge in [0.2, 0.25) is 5.91 Å². The Bertz CT molecular complexity index is 839. The summed E-state index contributed by atoms with van der Waals surface area (Å²) in [7, 11) is -3.05. The molecule has 0 unspecified atom stereocenters. The predicted octanol–water partition coefficient (Wildman–Crippen LogP) is 3.94. The molecule has 0 radical (unpaired) electrons. The summed E-state index contributed by atoms with van der Waals surface area (Å²) in [6.45, 7) is 4.09. The number of carbonyl (C=O) groups is 1. The maximum absolute atomic E-state index is 12.3. The molecule has 1 amide bonds. The fraction of sp³-hybridized carbons (Fsp3) is 0.556. The Kier molecular flexibility index (Phi) is 6.14. The molecule has 142 valence electrons. The molecule has 5 nitrogen and oxygen atoms in total. The molecule has 2 heterocycles. The van der Waals surface area contributed by atoms with Crippen molar-refractivity contribution < 1.29 is 13.2 Å². The third-order valence-electron chi connectivity index (χ3n) is 4.70. The van der Waals surface area contributed by atoms with Crippen LogP contribution in [0.5, 0.6) is 0 Å². The number of hydrogen-bond acceptors (Lipinski definition) is 4. The Balaban J connectivity index is 1.90. The largest absolute Gasteiger partial charge is 0.316 e. The highest BCUT2D eigenvalue weighted by molar-refractivity contribution is 9.10. The molecule has 0 aromatic heterocycles. The van der Waals surface area contributed by atoms with Gasteiger partial charge in [0.1, 0.15) is 0 Å². The smallest absolute Gasteiger partial charge is 0.248 e. The summed E-state index contributed by atoms with van der Waals surface area (Å²) in [5, 5.41) is 0.573. The SMILES string of the molecule is CCCCCC(=O)N=C1S[C@@H]2CS(=O)(=O)C[C@H]2N1c1ccc(Br)c(C)c1. The van der Waals surface area contributed by atoms with Crippen molar-refractivity contribution in [2.45, 2.75) is 50.8 Å². The Hall–Kier alpha value is -0.860. The van der Waals surface area contributed by atoms with Crippen molar-refractivity contribution >= 4 is 54.3 Å². The molecule has 1 aromatic rings. The number of hydrogen-bond donors (Lipinski definition) is 0. The van der Waals surface area contributed by atoms with Gasteiger partial charge in [0.15, 0.2) is 15.0 Å². The van der Waals surface area contributed by atoms with E-state index in [0.29, 0.717) is 11.6 Å². The minimum Gasteiger partial charge on any atom is -0.316 e. The molecule has 1 aromatic carbocycles. The van der Waals surface area contributed by atoms with Crippen LogP contribution in [-0.4, -0.2) is 42.3 Å². The Morgan fingerprint density at radius 2 is 2.12 bits per heavy atom. The van der Waals surface area contributed by atoms with E-state index in [0.717, 1.165) is 35.0 Å². The first kappa shape index (κ1) is 19.9. The van der Waals surface area contributed by atoms with Gasteiger partial charge in [-0.15, -0.1) is 0 Å². The van der Waals surface area contributed by atoms with E-state index in [2.05, 4.69) is 27.8 Å². The number of nitrogens with zero attached hydrogens (tertiary/aromatic N) is 2. The van der Waals surface area contributed by atoms with Crippen LogP contribution in [0.1, 0.15) is 38.2 Å². The highest BCUT2D eigenvalue weighted by Crippen LogP contribution is 2.41. The molecule has 8 heteroatoms. The minimum absolute atomic E-state index is 0.0638. The summed E-state index contributed by atoms with van der Waals surface area (Å²) < 4.78 is 25.2. The van der Waals surface area contributed by atoms with Crippen LogP contribution in [-0.2, 0) is 14.6 Å². The van der Waals surface area contributed by atoms with E-state index in [1.807, 2.05) is 30.0 Å². The van der Waals surface area contributed by atoms with Gasteiger partial charge in [0, 0.05) is 21.8 Å². The van der Waals surface area contributed by atoms with Crippen LogP contribution in [0, 0.1) is 6.92 Å². The van der Waals surface area contributed by atoms with E-state index in [1.54, 1.807) is 0 Å². The number of unbranched alkanes of at least 4 members (excludes halogenated alkanes) is 2. The van der Waals surface area contributed by atoms with Gasteiger partial charge in [-0.25, -0.2) is 8.42 Å². The second kappa shape index (κ2) is 8.02. The van der Waals surface area contributed by atoms with Crippen LogP contribution in [0.4, 0.5) is 5.69 Å². The summed E-state index contributed by atoms with van der Waals surface area (Å²) >= 11 is 4.93. The first-order valence-electron chi connectivity index (χ1n) is 8.84. The molecule has 2 aliphatic rings. The zero-order valence-electron chi connectivity index (χ0n) is 14.9. The van der Waals surface area contributed by atoms with E-state index in [4.69, 9.17) is 0 Å². The zero-order chi connectivity index (χ0) is 18.9. The maximum Gasteiger partial charge on any atom is 0.248 e. The molecule has 0 N–H and O–H groups in total. The third kappa shape index (κ3) is 4.34. The van der Waals surface area contributed by atoms with Crippen LogP contribution in [0.15, 0.2) is 27.7 Å². The molecule has 26 heavy (non-hydrogen) atoms. The lowest BCUT2D eigenvalue weighted by atomic mass is 10.1. The van der Waals surface area contributed by atoms with Crippen molar-refractivity contribution in [1.82, 2.24) is 0 Å². The number of benzene rings is 1. The van der Waals surface area contributed by atoms with Crippen molar-refractivity contribution in [3.05, 3.63) is 28.2 Å². The summed E-state index contributed by atoms with van der Waals surface area (Å²) in [6.07, 6.45) is 3.36. The number of sulfone groups is 1. The fourth-order valence-corrected chi connectivity index (χ4v) is 7.51. The number of aliphatic imine (C=N–C) groups is 1. The summed E-state index contributed by atoms with van der Waals surface area (Å²) in [6, 6.07) is 5.75. The van der Waals surface area contributed by atoms with Gasteiger partial charge in [-0.1, -0.05) is 47.5 Å². The van der Waals surface area contributed by atoms with Gasteiger partial charge in [0.05, 0.1) is 17.5 Å². The molecule has 2 fully saturated rings. The Labute approximate surface area is 167 Å². The minimum atomic E-state index is -3.05. The summed E-state index contributed by atoms with van der Waals surface area (Å²) in [4.78, 5) is 18.6. The van der Waals surface area contributed by atoms with Gasteiger partial charge in [-0.2, -0.15) is 4.99 Å². The van der Waals surface area contributed by atoms with E-state index in [-0.39, 0.29) is 28.7 Å². The number of halogens is 1. The van der Waals surface area contributed by atoms with Gasteiger partial charge in [0.25, 0.3) is 0 Å². The second-order valence-corrected chi connectivity index (χ2v) is 11.1. The average molecular weight is 459 g/mol. The summed E-state index contributed by atoms with van der Waals surface area (Å²) in [5.74, 6) is 0.142. The van der Waals surface area contributed by atoms with Crippen LogP contribution in [0.2, 0.25) is 0 Å². The number of rotatable bonds is 5. The zero-order valence-corrected chi connectivity index (χ0v) is 18.2. The van der Waals surface area contributed by atoms with Crippen LogP contribution in [0.25, 0.3) is 0 Å². The lowest BCUT2D eigenvalue weighted by Gasteiger charge is -2.25. The number of thioether (sulfide) groups is 1. The van der Waals surface area contributed by atoms with Crippen molar-refractivity contribution in [3.8, 4) is 0 Å². The predicted molar refractivity (Wildman–Crippen MR) is 112 cm³/mol. The fourth-order valence-electron chi connectivity index (χ4n) is 3.33. The normalized spacial score (nSPS) is 25.7. The molecule has 2 aliphatic heterocycles. The quantitative estimate of drug-likeness (QED) is 0.624. The van der Waals surface area contributed by atoms with Crippen molar-refractivity contribution in [2.75, 3.05) is 16.4 Å². The number of carbonyl (C=O) groups excluding carboxylic acids is 1. The van der Waals surface area contributed by atoms with Crippen LogP contribution >= 0.6 is 27.7 Å². The first-order valence-corrected chi connectivity index (χ1v) is 12.3. The molecule has 0 saturated carbocycles. The highest BCUT2D eigenvalue weighted by Gasteiger charge is 2.49. The average Bonchev–Trinajstić information content (AvgIpc) is 3.01. The van der Waals surface area contributed by atoms with E-state index < -0.39 is 9.84 Å². The summed E-state index contributed by atoms with van der Waals surface area (Å²) in [5.41, 5.74) is 1.95. The number of anilines is 1. The highest BCUT2D eigenvalue weighted by atomic mass is 79.9. The number of aryl methyl sites for hydroxylation is 1. The van der Waals surface area contributed by atoms with Crippen LogP contribution < -0.4 is 4.90 Å². The van der Waals surface area contributed by atoms with E-state index >= 15 is 0 Å². The van der Waals surface area contributed by atoms with Crippen molar-refractivity contribution in [3.63, 3.8) is 0 Å². The number of amidine groups is 1. The maximum atomic E-state index is 12.3. The first-order chi connectivity index (χ1) is 12.3. The lowest BCUT2D eigenvalue weighted by Crippen LogP contribution is -2.37. The molecule has 3 rings (SSSR count). The third-order valence-corrected chi connectivity index (χ3v) is 8.80. The lowest BCUT2D eigenvalue weighted by molar-refractivity contribution is -0.117. The van der Waals surface area contributed by atoms with Gasteiger partial charge < -0.3 is 4.90 Å². The van der Waals surface area contributed by atoms with E-state index in [9.17, 15) is 13.2 Å². The van der Waals surface area contributed by atoms with Crippen molar-refractivity contribution in [2.24, 2.45) is 4.99 Å². The van der Waals surface area contributed by atoms with Crippen LogP contribution in [0.3, 0.4) is 0 Å². The monoisotopic (exact) mass is 458 g/mol. The van der Waals surface area contributed by atoms with Crippen molar-refractivity contribution in [1.29, 1.82) is 0 Å². The molecule has 0 bridgehead atoms. The Morgan fingerprint density at radius 3 is 2.81 bits per heavy atom. The molecule has 0 spiro atoms. The topological polar surface area (TPSA) is 66.8 Å². The van der Waals surface area contributed by atoms with Gasteiger partial charge >= 0.3 is 0 Å². The number of amides is 1. The molecular weight excluding hydrogens is 436 g/mol.